The Morgan fingerprint density at radius 2 is 0.944 bits per heavy atom. The summed E-state index contributed by atoms with van der Waals surface area (Å²) >= 11 is 0. The summed E-state index contributed by atoms with van der Waals surface area (Å²) in [6.45, 7) is 0. The molecular weight excluding hydrogens is 446 g/mol. The molecule has 5 heteroatoms. The molecule has 0 saturated heterocycles. The summed E-state index contributed by atoms with van der Waals surface area (Å²) in [5, 5.41) is 7.09. The van der Waals surface area contributed by atoms with Crippen molar-refractivity contribution in [2.24, 2.45) is 0 Å². The molecule has 0 bridgehead atoms. The zero-order valence-corrected chi connectivity index (χ0v) is 19.1. The molecule has 0 aliphatic carbocycles. The molecule has 0 aliphatic rings. The maximum absolute atomic E-state index is 6.00. The van der Waals surface area contributed by atoms with Gasteiger partial charge in [-0.25, -0.2) is 0 Å². The van der Waals surface area contributed by atoms with E-state index in [4.69, 9.17) is 19.4 Å². The molecule has 0 radical (unpaired) electrons. The summed E-state index contributed by atoms with van der Waals surface area (Å²) in [6.07, 6.45) is 0. The van der Waals surface area contributed by atoms with Gasteiger partial charge in [0.2, 0.25) is 0 Å². The first-order chi connectivity index (χ1) is 17.8. The molecule has 170 valence electrons. The highest BCUT2D eigenvalue weighted by atomic mass is 16.5. The van der Waals surface area contributed by atoms with Crippen molar-refractivity contribution in [1.29, 1.82) is 0 Å². The maximum Gasteiger partial charge on any atom is 0.328 e. The number of para-hydroxylation sites is 2. The molecule has 0 aliphatic heterocycles. The Kier molecular flexibility index (Phi) is 4.71. The number of rotatable bonds is 5. The summed E-state index contributed by atoms with van der Waals surface area (Å²) in [6, 6.07) is 38.4. The zero-order chi connectivity index (χ0) is 23.9. The van der Waals surface area contributed by atoms with Crippen molar-refractivity contribution in [1.82, 2.24) is 15.0 Å². The third-order valence-electron chi connectivity index (χ3n) is 6.27. The highest BCUT2D eigenvalue weighted by molar-refractivity contribution is 6.25. The molecule has 7 rings (SSSR count). The highest BCUT2D eigenvalue weighted by Crippen LogP contribution is 2.39. The quantitative estimate of drug-likeness (QED) is 0.241. The largest absolute Gasteiger partial charge is 0.424 e. The number of ether oxygens (including phenoxy) is 2. The normalized spacial score (nSPS) is 11.3. The number of benzene rings is 6. The van der Waals surface area contributed by atoms with Crippen molar-refractivity contribution in [3.63, 3.8) is 0 Å². The van der Waals surface area contributed by atoms with Crippen molar-refractivity contribution in [3.8, 4) is 34.9 Å². The van der Waals surface area contributed by atoms with E-state index in [1.807, 2.05) is 60.7 Å². The first-order valence-electron chi connectivity index (χ1n) is 11.7. The number of aromatic nitrogens is 3. The van der Waals surface area contributed by atoms with Gasteiger partial charge in [-0.2, -0.15) is 9.97 Å². The summed E-state index contributed by atoms with van der Waals surface area (Å²) in [7, 11) is 0. The minimum atomic E-state index is 0.169. The second-order valence-corrected chi connectivity index (χ2v) is 8.52. The lowest BCUT2D eigenvalue weighted by Crippen LogP contribution is -2.01. The summed E-state index contributed by atoms with van der Waals surface area (Å²) in [5.41, 5.74) is 0.888. The SMILES string of the molecule is c1ccc(Oc2nc(Oc3ccccc3)nc(-c3ccc4ccc5cccc6ccc3c4c56)n2)cc1. The van der Waals surface area contributed by atoms with E-state index in [-0.39, 0.29) is 12.0 Å². The van der Waals surface area contributed by atoms with E-state index in [2.05, 4.69) is 59.6 Å². The fourth-order valence-electron chi connectivity index (χ4n) is 4.67. The Bertz CT molecular complexity index is 1760. The van der Waals surface area contributed by atoms with Gasteiger partial charge in [0.1, 0.15) is 11.5 Å². The van der Waals surface area contributed by atoms with Crippen LogP contribution in [0.1, 0.15) is 0 Å². The summed E-state index contributed by atoms with van der Waals surface area (Å²) < 4.78 is 12.0. The summed E-state index contributed by atoms with van der Waals surface area (Å²) in [5.74, 6) is 1.76. The van der Waals surface area contributed by atoms with E-state index in [1.165, 1.54) is 26.9 Å². The number of hydrogen-bond donors (Lipinski definition) is 0. The predicted molar refractivity (Wildman–Crippen MR) is 142 cm³/mol. The third-order valence-corrected chi connectivity index (χ3v) is 6.27. The Hall–Kier alpha value is -5.03. The van der Waals surface area contributed by atoms with Gasteiger partial charge in [0.05, 0.1) is 0 Å². The van der Waals surface area contributed by atoms with Crippen LogP contribution in [-0.2, 0) is 0 Å². The average molecular weight is 466 g/mol. The van der Waals surface area contributed by atoms with E-state index in [1.54, 1.807) is 0 Å². The second kappa shape index (κ2) is 8.32. The first-order valence-corrected chi connectivity index (χ1v) is 11.7. The van der Waals surface area contributed by atoms with Crippen LogP contribution in [0.15, 0.2) is 115 Å². The van der Waals surface area contributed by atoms with Gasteiger partial charge < -0.3 is 9.47 Å². The molecule has 0 atom stereocenters. The Morgan fingerprint density at radius 3 is 1.56 bits per heavy atom. The molecule has 7 aromatic rings. The molecule has 0 amide bonds. The second-order valence-electron chi connectivity index (χ2n) is 8.52. The smallest absolute Gasteiger partial charge is 0.328 e. The monoisotopic (exact) mass is 465 g/mol. The maximum atomic E-state index is 6.00. The molecule has 6 aromatic carbocycles. The minimum absolute atomic E-state index is 0.169. The van der Waals surface area contributed by atoms with Crippen LogP contribution < -0.4 is 9.47 Å². The lowest BCUT2D eigenvalue weighted by atomic mass is 9.92. The molecule has 1 aromatic heterocycles. The molecule has 0 saturated carbocycles. The molecular formula is C31H19N3O2. The predicted octanol–water partition coefficient (Wildman–Crippen LogP) is 8.02. The van der Waals surface area contributed by atoms with Gasteiger partial charge in [-0.05, 0) is 62.6 Å². The van der Waals surface area contributed by atoms with Crippen LogP contribution in [-0.4, -0.2) is 15.0 Å². The van der Waals surface area contributed by atoms with E-state index in [0.717, 1.165) is 10.9 Å². The van der Waals surface area contributed by atoms with Crippen LogP contribution in [0.25, 0.3) is 43.7 Å². The number of hydrogen-bond acceptors (Lipinski definition) is 5. The van der Waals surface area contributed by atoms with Gasteiger partial charge in [-0.1, -0.05) is 84.9 Å². The molecule has 36 heavy (non-hydrogen) atoms. The van der Waals surface area contributed by atoms with Crippen molar-refractivity contribution >= 4 is 32.3 Å². The third kappa shape index (κ3) is 3.54. The van der Waals surface area contributed by atoms with Gasteiger partial charge >= 0.3 is 12.0 Å². The molecule has 0 fully saturated rings. The van der Waals surface area contributed by atoms with Gasteiger partial charge in [0.25, 0.3) is 0 Å². The first kappa shape index (κ1) is 20.4. The van der Waals surface area contributed by atoms with Crippen LogP contribution in [0.3, 0.4) is 0 Å². The van der Waals surface area contributed by atoms with Gasteiger partial charge in [0, 0.05) is 5.56 Å². The van der Waals surface area contributed by atoms with Crippen LogP contribution in [0.5, 0.6) is 23.5 Å². The molecule has 0 N–H and O–H groups in total. The Morgan fingerprint density at radius 1 is 0.417 bits per heavy atom. The van der Waals surface area contributed by atoms with Gasteiger partial charge in [0.15, 0.2) is 5.82 Å². The topological polar surface area (TPSA) is 57.1 Å². The lowest BCUT2D eigenvalue weighted by Gasteiger charge is -2.14. The van der Waals surface area contributed by atoms with Crippen LogP contribution >= 0.6 is 0 Å². The van der Waals surface area contributed by atoms with E-state index >= 15 is 0 Å². The van der Waals surface area contributed by atoms with Gasteiger partial charge in [-0.15, -0.1) is 4.98 Å². The zero-order valence-electron chi connectivity index (χ0n) is 19.1. The molecule has 0 unspecified atom stereocenters. The van der Waals surface area contributed by atoms with E-state index < -0.39 is 0 Å². The van der Waals surface area contributed by atoms with E-state index in [9.17, 15) is 0 Å². The number of nitrogens with zero attached hydrogens (tertiary/aromatic N) is 3. The average Bonchev–Trinajstić information content (AvgIpc) is 2.93. The fraction of sp³-hybridized carbons (Fsp3) is 0. The van der Waals surface area contributed by atoms with Crippen LogP contribution in [0.4, 0.5) is 0 Å². The minimum Gasteiger partial charge on any atom is -0.424 e. The molecule has 0 spiro atoms. The fourth-order valence-corrected chi connectivity index (χ4v) is 4.67. The van der Waals surface area contributed by atoms with Crippen molar-refractivity contribution in [3.05, 3.63) is 115 Å². The van der Waals surface area contributed by atoms with E-state index in [0.29, 0.717) is 17.3 Å². The Labute approximate surface area is 207 Å². The Balaban J connectivity index is 1.43. The van der Waals surface area contributed by atoms with Crippen molar-refractivity contribution in [2.75, 3.05) is 0 Å². The molecule has 5 nitrogen and oxygen atoms in total. The standard InChI is InChI=1S/C31H19N3O2/c1-3-10-23(11-4-1)35-30-32-29(33-31(34-30)36-24-12-5-2-6-13-24)26-19-17-22-15-14-20-8-7-9-21-16-18-25(26)28(22)27(20)21/h1-19H. The van der Waals surface area contributed by atoms with Crippen LogP contribution in [0.2, 0.25) is 0 Å². The highest BCUT2D eigenvalue weighted by Gasteiger charge is 2.17. The van der Waals surface area contributed by atoms with Crippen molar-refractivity contribution < 1.29 is 9.47 Å². The molecule has 1 heterocycles. The van der Waals surface area contributed by atoms with Crippen LogP contribution in [0, 0.1) is 0 Å². The summed E-state index contributed by atoms with van der Waals surface area (Å²) in [4.78, 5) is 13.8. The van der Waals surface area contributed by atoms with Crippen molar-refractivity contribution in [2.45, 2.75) is 0 Å². The van der Waals surface area contributed by atoms with Gasteiger partial charge in [-0.3, -0.25) is 0 Å². The lowest BCUT2D eigenvalue weighted by molar-refractivity contribution is 0.398.